The maximum absolute atomic E-state index is 6.58. The Morgan fingerprint density at radius 3 is 2.12 bits per heavy atom. The molecule has 0 radical (unpaired) electrons. The van der Waals surface area contributed by atoms with Crippen LogP contribution in [0, 0.1) is 0 Å². The molecule has 5 heteroatoms. The van der Waals surface area contributed by atoms with Crippen molar-refractivity contribution in [1.82, 2.24) is 4.98 Å². The lowest BCUT2D eigenvalue weighted by Gasteiger charge is -2.25. The second-order valence-electron chi connectivity index (χ2n) is 12.7. The van der Waals surface area contributed by atoms with E-state index in [0.717, 1.165) is 66.4 Å². The van der Waals surface area contributed by atoms with E-state index < -0.39 is 0 Å². The van der Waals surface area contributed by atoms with E-state index in [1.54, 1.807) is 0 Å². The van der Waals surface area contributed by atoms with Crippen molar-refractivity contribution < 1.29 is 8.83 Å². The first-order valence-electron chi connectivity index (χ1n) is 16.7. The van der Waals surface area contributed by atoms with Gasteiger partial charge in [-0.3, -0.25) is 0 Å². The molecule has 0 saturated heterocycles. The van der Waals surface area contributed by atoms with Gasteiger partial charge in [0.2, 0.25) is 5.89 Å². The summed E-state index contributed by atoms with van der Waals surface area (Å²) in [6.45, 7) is 0. The van der Waals surface area contributed by atoms with Crippen LogP contribution in [-0.2, 0) is 0 Å². The summed E-state index contributed by atoms with van der Waals surface area (Å²) in [6.07, 6.45) is 0. The Hall–Kier alpha value is -6.43. The molecule has 234 valence electrons. The van der Waals surface area contributed by atoms with E-state index in [-0.39, 0.29) is 0 Å². The number of aromatic nitrogens is 1. The van der Waals surface area contributed by atoms with E-state index in [9.17, 15) is 0 Å². The summed E-state index contributed by atoms with van der Waals surface area (Å²) in [5.41, 5.74) is 7.34. The number of fused-ring (bicyclic) bond motifs is 11. The second-order valence-corrected chi connectivity index (χ2v) is 13.8. The number of hydrogen-bond donors (Lipinski definition) is 0. The van der Waals surface area contributed by atoms with Gasteiger partial charge in [0.05, 0.1) is 0 Å². The first-order valence-corrected chi connectivity index (χ1v) is 17.5. The van der Waals surface area contributed by atoms with E-state index in [1.165, 1.54) is 30.9 Å². The number of thiophene rings is 1. The topological polar surface area (TPSA) is 42.4 Å². The first-order chi connectivity index (χ1) is 24.8. The van der Waals surface area contributed by atoms with Crippen molar-refractivity contribution in [3.63, 3.8) is 0 Å². The highest BCUT2D eigenvalue weighted by molar-refractivity contribution is 7.26. The quantitative estimate of drug-likeness (QED) is 0.189. The molecular formula is C45H26N2O2S. The fourth-order valence-corrected chi connectivity index (χ4v) is 8.78. The molecule has 0 fully saturated rings. The van der Waals surface area contributed by atoms with Gasteiger partial charge < -0.3 is 13.7 Å². The molecule has 50 heavy (non-hydrogen) atoms. The molecule has 0 unspecified atom stereocenters. The summed E-state index contributed by atoms with van der Waals surface area (Å²) in [7, 11) is 0. The molecule has 0 atom stereocenters. The molecule has 3 heterocycles. The highest BCUT2D eigenvalue weighted by Crippen LogP contribution is 2.45. The third-order valence-corrected chi connectivity index (χ3v) is 11.1. The van der Waals surface area contributed by atoms with Gasteiger partial charge in [-0.15, -0.1) is 11.3 Å². The highest BCUT2D eigenvalue weighted by Gasteiger charge is 2.20. The molecule has 0 N–H and O–H groups in total. The number of anilines is 3. The van der Waals surface area contributed by atoms with Crippen LogP contribution < -0.4 is 4.90 Å². The van der Waals surface area contributed by atoms with Gasteiger partial charge in [0.1, 0.15) is 16.7 Å². The maximum Gasteiger partial charge on any atom is 0.228 e. The zero-order valence-electron chi connectivity index (χ0n) is 26.6. The van der Waals surface area contributed by atoms with Crippen LogP contribution in [0.3, 0.4) is 0 Å². The Morgan fingerprint density at radius 1 is 0.480 bits per heavy atom. The van der Waals surface area contributed by atoms with Crippen LogP contribution in [0.2, 0.25) is 0 Å². The van der Waals surface area contributed by atoms with Crippen LogP contribution in [0.25, 0.3) is 86.2 Å². The fourth-order valence-electron chi connectivity index (χ4n) is 7.56. The van der Waals surface area contributed by atoms with Crippen molar-refractivity contribution in [2.75, 3.05) is 4.90 Å². The average molecular weight is 659 g/mol. The molecule has 0 aliphatic heterocycles. The maximum atomic E-state index is 6.58. The summed E-state index contributed by atoms with van der Waals surface area (Å²) in [5.74, 6) is 0.587. The second kappa shape index (κ2) is 10.5. The van der Waals surface area contributed by atoms with E-state index >= 15 is 0 Å². The molecule has 0 saturated carbocycles. The van der Waals surface area contributed by atoms with Gasteiger partial charge in [-0.05, 0) is 76.8 Å². The van der Waals surface area contributed by atoms with Crippen molar-refractivity contribution in [1.29, 1.82) is 0 Å². The van der Waals surface area contributed by atoms with Crippen LogP contribution in [0.1, 0.15) is 0 Å². The number of benzene rings is 8. The minimum absolute atomic E-state index is 0.587. The lowest BCUT2D eigenvalue weighted by atomic mass is 10.0. The first kappa shape index (κ1) is 27.5. The Balaban J connectivity index is 1.08. The summed E-state index contributed by atoms with van der Waals surface area (Å²) in [4.78, 5) is 7.25. The molecule has 0 amide bonds. The van der Waals surface area contributed by atoms with Crippen molar-refractivity contribution >= 4 is 103 Å². The summed E-state index contributed by atoms with van der Waals surface area (Å²) in [5, 5.41) is 9.31. The van der Waals surface area contributed by atoms with E-state index in [0.29, 0.717) is 5.89 Å². The van der Waals surface area contributed by atoms with Crippen LogP contribution in [0.4, 0.5) is 17.1 Å². The monoisotopic (exact) mass is 658 g/mol. The van der Waals surface area contributed by atoms with Gasteiger partial charge in [0.25, 0.3) is 0 Å². The molecule has 4 nitrogen and oxygen atoms in total. The third-order valence-electron chi connectivity index (χ3n) is 9.87. The van der Waals surface area contributed by atoms with Crippen molar-refractivity contribution in [2.24, 2.45) is 0 Å². The Labute approximate surface area is 290 Å². The summed E-state index contributed by atoms with van der Waals surface area (Å²) >= 11 is 1.86. The molecule has 11 aromatic rings. The standard InChI is InChI=1S/C45H26N2O2S/c1-2-11-29(12-3-1)47(30-20-24-41-37(25-30)34-21-17-28-10-5-7-14-33(28)44(34)50-41)31-19-22-35-40(26-31)48-39-16-8-15-36(42(35)39)45-46-38-23-18-27-9-4-6-13-32(27)43(38)49-45/h1-26H. The molecule has 0 bridgehead atoms. The lowest BCUT2D eigenvalue weighted by molar-refractivity contribution is 0.623. The van der Waals surface area contributed by atoms with E-state index in [1.807, 2.05) is 41.7 Å². The summed E-state index contributed by atoms with van der Waals surface area (Å²) in [6, 6.07) is 55.5. The van der Waals surface area contributed by atoms with Gasteiger partial charge in [-0.25, -0.2) is 4.98 Å². The van der Waals surface area contributed by atoms with Crippen LogP contribution in [-0.4, -0.2) is 4.98 Å². The Kier molecular flexibility index (Phi) is 5.80. The van der Waals surface area contributed by atoms with Crippen molar-refractivity contribution in [3.8, 4) is 11.5 Å². The van der Waals surface area contributed by atoms with E-state index in [4.69, 9.17) is 13.8 Å². The molecular weight excluding hydrogens is 633 g/mol. The molecule has 11 rings (SSSR count). The van der Waals surface area contributed by atoms with Gasteiger partial charge in [0, 0.05) is 65.0 Å². The number of oxazole rings is 1. The average Bonchev–Trinajstić information content (AvgIpc) is 3.89. The van der Waals surface area contributed by atoms with Crippen molar-refractivity contribution in [2.45, 2.75) is 0 Å². The Morgan fingerprint density at radius 2 is 1.22 bits per heavy atom. The number of furan rings is 1. The van der Waals surface area contributed by atoms with Gasteiger partial charge in [-0.2, -0.15) is 0 Å². The third kappa shape index (κ3) is 4.08. The van der Waals surface area contributed by atoms with Gasteiger partial charge in [-0.1, -0.05) is 91.0 Å². The minimum atomic E-state index is 0.587. The SMILES string of the molecule is c1ccc(N(c2ccc3c(c2)oc2cccc(-c4nc5ccc6ccccc6c5o4)c23)c2ccc3sc4c5ccccc5ccc4c3c2)cc1. The predicted molar refractivity (Wildman–Crippen MR) is 209 cm³/mol. The molecule has 3 aromatic heterocycles. The molecule has 8 aromatic carbocycles. The fraction of sp³-hybridized carbons (Fsp3) is 0. The largest absolute Gasteiger partial charge is 0.456 e. The zero-order chi connectivity index (χ0) is 32.8. The lowest BCUT2D eigenvalue weighted by Crippen LogP contribution is -2.09. The van der Waals surface area contributed by atoms with Crippen LogP contribution in [0.5, 0.6) is 0 Å². The van der Waals surface area contributed by atoms with Gasteiger partial charge >= 0.3 is 0 Å². The predicted octanol–water partition coefficient (Wildman–Crippen LogP) is 13.5. The highest BCUT2D eigenvalue weighted by atomic mass is 32.1. The normalized spacial score (nSPS) is 12.0. The number of para-hydroxylation sites is 1. The minimum Gasteiger partial charge on any atom is -0.456 e. The number of hydrogen-bond acceptors (Lipinski definition) is 5. The molecule has 0 spiro atoms. The van der Waals surface area contributed by atoms with Crippen LogP contribution >= 0.6 is 11.3 Å². The van der Waals surface area contributed by atoms with Crippen LogP contribution in [0.15, 0.2) is 167 Å². The molecule has 0 aliphatic carbocycles. The summed E-state index contributed by atoms with van der Waals surface area (Å²) < 4.78 is 15.7. The van der Waals surface area contributed by atoms with E-state index in [2.05, 4.69) is 132 Å². The smallest absolute Gasteiger partial charge is 0.228 e. The zero-order valence-corrected chi connectivity index (χ0v) is 27.4. The molecule has 0 aliphatic rings. The van der Waals surface area contributed by atoms with Crippen molar-refractivity contribution in [3.05, 3.63) is 158 Å². The Bertz CT molecular complexity index is 3120. The number of nitrogens with zero attached hydrogens (tertiary/aromatic N) is 2. The van der Waals surface area contributed by atoms with Gasteiger partial charge in [0.15, 0.2) is 5.58 Å². The number of rotatable bonds is 4.